The first kappa shape index (κ1) is 11.5. The summed E-state index contributed by atoms with van der Waals surface area (Å²) in [5.74, 6) is 0. The summed E-state index contributed by atoms with van der Waals surface area (Å²) in [5.41, 5.74) is 0. The highest BCUT2D eigenvalue weighted by molar-refractivity contribution is 7.16. The molecule has 2 aromatic heterocycles. The normalized spacial score (nSPS) is 11.3. The minimum atomic E-state index is 0.904. The molecule has 0 aliphatic rings. The van der Waals surface area contributed by atoms with Gasteiger partial charge < -0.3 is 0 Å². The van der Waals surface area contributed by atoms with E-state index in [9.17, 15) is 0 Å². The van der Waals surface area contributed by atoms with Crippen molar-refractivity contribution in [2.45, 2.75) is 51.9 Å². The first-order chi connectivity index (χ1) is 7.90. The molecule has 2 rings (SSSR count). The van der Waals surface area contributed by atoms with E-state index in [2.05, 4.69) is 22.2 Å². The van der Waals surface area contributed by atoms with Gasteiger partial charge in [0.05, 0.1) is 0 Å². The van der Waals surface area contributed by atoms with Crippen LogP contribution in [0.15, 0.2) is 6.33 Å². The summed E-state index contributed by atoms with van der Waals surface area (Å²) in [5, 5.41) is 13.4. The maximum Gasteiger partial charge on any atom is 0.234 e. The molecule has 0 saturated carbocycles. The van der Waals surface area contributed by atoms with Gasteiger partial charge in [-0.2, -0.15) is 9.61 Å². The molecular weight excluding hydrogens is 220 g/mol. The van der Waals surface area contributed by atoms with Gasteiger partial charge >= 0.3 is 0 Å². The summed E-state index contributed by atoms with van der Waals surface area (Å²) >= 11 is 1.65. The SMILES string of the molecule is CCCCCCCCc1nn2cnnc2s1. The summed E-state index contributed by atoms with van der Waals surface area (Å²) in [6.45, 7) is 2.25. The highest BCUT2D eigenvalue weighted by Crippen LogP contribution is 2.15. The van der Waals surface area contributed by atoms with Gasteiger partial charge in [0.15, 0.2) is 0 Å². The molecular formula is C11H18N4S. The van der Waals surface area contributed by atoms with Crippen molar-refractivity contribution in [3.05, 3.63) is 11.3 Å². The lowest BCUT2D eigenvalue weighted by Crippen LogP contribution is -1.88. The zero-order chi connectivity index (χ0) is 11.2. The Balaban J connectivity index is 1.68. The van der Waals surface area contributed by atoms with E-state index in [1.54, 1.807) is 22.2 Å². The molecule has 0 saturated heterocycles. The maximum absolute atomic E-state index is 4.42. The minimum absolute atomic E-state index is 0.904. The van der Waals surface area contributed by atoms with Crippen molar-refractivity contribution in [3.8, 4) is 0 Å². The van der Waals surface area contributed by atoms with Gasteiger partial charge in [-0.25, -0.2) is 0 Å². The maximum atomic E-state index is 4.42. The Kier molecular flexibility index (Phi) is 4.27. The van der Waals surface area contributed by atoms with Crippen molar-refractivity contribution in [3.63, 3.8) is 0 Å². The Hall–Kier alpha value is -0.970. The van der Waals surface area contributed by atoms with Gasteiger partial charge in [0.25, 0.3) is 0 Å². The summed E-state index contributed by atoms with van der Waals surface area (Å²) in [7, 11) is 0. The van der Waals surface area contributed by atoms with E-state index in [-0.39, 0.29) is 0 Å². The van der Waals surface area contributed by atoms with Crippen LogP contribution in [0.5, 0.6) is 0 Å². The third-order valence-electron chi connectivity index (χ3n) is 2.67. The van der Waals surface area contributed by atoms with Crippen molar-refractivity contribution in [2.24, 2.45) is 0 Å². The van der Waals surface area contributed by atoms with E-state index < -0.39 is 0 Å². The Morgan fingerprint density at radius 1 is 1.19 bits per heavy atom. The van der Waals surface area contributed by atoms with Gasteiger partial charge in [-0.15, -0.1) is 10.2 Å². The number of hydrogen-bond acceptors (Lipinski definition) is 4. The summed E-state index contributed by atoms with van der Waals surface area (Å²) in [4.78, 5) is 0.904. The Bertz CT molecular complexity index is 392. The smallest absolute Gasteiger partial charge is 0.190 e. The molecule has 5 heteroatoms. The summed E-state index contributed by atoms with van der Waals surface area (Å²) in [6.07, 6.45) is 10.7. The zero-order valence-electron chi connectivity index (χ0n) is 9.72. The number of nitrogens with zero attached hydrogens (tertiary/aromatic N) is 4. The van der Waals surface area contributed by atoms with Gasteiger partial charge in [-0.3, -0.25) is 0 Å². The van der Waals surface area contributed by atoms with E-state index in [1.807, 2.05) is 0 Å². The topological polar surface area (TPSA) is 43.1 Å². The van der Waals surface area contributed by atoms with Crippen LogP contribution in [-0.4, -0.2) is 19.8 Å². The molecule has 0 aliphatic heterocycles. The molecule has 0 bridgehead atoms. The first-order valence-electron chi connectivity index (χ1n) is 6.06. The van der Waals surface area contributed by atoms with Gasteiger partial charge in [-0.05, 0) is 6.42 Å². The molecule has 0 spiro atoms. The molecule has 0 unspecified atom stereocenters. The number of rotatable bonds is 7. The van der Waals surface area contributed by atoms with Crippen molar-refractivity contribution in [1.82, 2.24) is 19.8 Å². The van der Waals surface area contributed by atoms with E-state index >= 15 is 0 Å². The molecule has 16 heavy (non-hydrogen) atoms. The van der Waals surface area contributed by atoms with E-state index in [1.165, 1.54) is 43.5 Å². The molecule has 0 amide bonds. The fraction of sp³-hybridized carbons (Fsp3) is 0.727. The van der Waals surface area contributed by atoms with Crippen LogP contribution >= 0.6 is 11.3 Å². The fourth-order valence-corrected chi connectivity index (χ4v) is 2.61. The molecule has 4 nitrogen and oxygen atoms in total. The zero-order valence-corrected chi connectivity index (χ0v) is 10.5. The molecule has 0 aliphatic carbocycles. The van der Waals surface area contributed by atoms with E-state index in [4.69, 9.17) is 0 Å². The second kappa shape index (κ2) is 5.94. The number of fused-ring (bicyclic) bond motifs is 1. The predicted molar refractivity (Wildman–Crippen MR) is 65.7 cm³/mol. The van der Waals surface area contributed by atoms with Crippen molar-refractivity contribution in [1.29, 1.82) is 0 Å². The van der Waals surface area contributed by atoms with Crippen LogP contribution in [0.25, 0.3) is 4.96 Å². The lowest BCUT2D eigenvalue weighted by molar-refractivity contribution is 0.605. The lowest BCUT2D eigenvalue weighted by atomic mass is 10.1. The van der Waals surface area contributed by atoms with Crippen LogP contribution in [0.4, 0.5) is 0 Å². The number of aryl methyl sites for hydroxylation is 1. The number of unbranched alkanes of at least 4 members (excludes halogenated alkanes) is 5. The largest absolute Gasteiger partial charge is 0.234 e. The van der Waals surface area contributed by atoms with Gasteiger partial charge in [0.2, 0.25) is 4.96 Å². The molecule has 0 radical (unpaired) electrons. The van der Waals surface area contributed by atoms with Crippen LogP contribution < -0.4 is 0 Å². The Morgan fingerprint density at radius 2 is 2.00 bits per heavy atom. The van der Waals surface area contributed by atoms with E-state index in [0.29, 0.717) is 0 Å². The molecule has 88 valence electrons. The average Bonchev–Trinajstić information content (AvgIpc) is 2.83. The summed E-state index contributed by atoms with van der Waals surface area (Å²) in [6, 6.07) is 0. The third kappa shape index (κ3) is 3.01. The van der Waals surface area contributed by atoms with Crippen LogP contribution in [-0.2, 0) is 6.42 Å². The highest BCUT2D eigenvalue weighted by Gasteiger charge is 2.04. The van der Waals surface area contributed by atoms with Gasteiger partial charge in [0.1, 0.15) is 11.3 Å². The molecule has 0 atom stereocenters. The van der Waals surface area contributed by atoms with Crippen LogP contribution in [0.1, 0.15) is 50.5 Å². The quantitative estimate of drug-likeness (QED) is 0.696. The minimum Gasteiger partial charge on any atom is -0.190 e. The molecule has 0 N–H and O–H groups in total. The standard InChI is InChI=1S/C11H18N4S/c1-2-3-4-5-6-7-8-10-14-15-9-12-13-11(15)16-10/h9H,2-8H2,1H3. The van der Waals surface area contributed by atoms with Gasteiger partial charge in [-0.1, -0.05) is 50.4 Å². The fourth-order valence-electron chi connectivity index (χ4n) is 1.76. The van der Waals surface area contributed by atoms with Crippen LogP contribution in [0.3, 0.4) is 0 Å². The molecule has 2 heterocycles. The Labute approximate surface area is 99.7 Å². The van der Waals surface area contributed by atoms with Crippen molar-refractivity contribution in [2.75, 3.05) is 0 Å². The summed E-state index contributed by atoms with van der Waals surface area (Å²) < 4.78 is 1.76. The number of hydrogen-bond donors (Lipinski definition) is 0. The Morgan fingerprint density at radius 3 is 2.81 bits per heavy atom. The third-order valence-corrected chi connectivity index (χ3v) is 3.65. The molecule has 0 fully saturated rings. The monoisotopic (exact) mass is 238 g/mol. The lowest BCUT2D eigenvalue weighted by Gasteiger charge is -1.98. The highest BCUT2D eigenvalue weighted by atomic mass is 32.1. The van der Waals surface area contributed by atoms with Crippen molar-refractivity contribution < 1.29 is 0 Å². The predicted octanol–water partition coefficient (Wildman–Crippen LogP) is 3.09. The van der Waals surface area contributed by atoms with Gasteiger partial charge in [0, 0.05) is 6.42 Å². The van der Waals surface area contributed by atoms with Crippen LogP contribution in [0, 0.1) is 0 Å². The second-order valence-electron chi connectivity index (χ2n) is 4.07. The molecule has 2 aromatic rings. The second-order valence-corrected chi connectivity index (χ2v) is 5.11. The van der Waals surface area contributed by atoms with Crippen LogP contribution in [0.2, 0.25) is 0 Å². The van der Waals surface area contributed by atoms with Crippen molar-refractivity contribution >= 4 is 16.3 Å². The first-order valence-corrected chi connectivity index (χ1v) is 6.87. The average molecular weight is 238 g/mol. The number of aromatic nitrogens is 4. The molecule has 0 aromatic carbocycles. The van der Waals surface area contributed by atoms with E-state index in [0.717, 1.165) is 11.4 Å².